The van der Waals surface area contributed by atoms with E-state index in [1.54, 1.807) is 20.8 Å². The van der Waals surface area contributed by atoms with Gasteiger partial charge in [0, 0.05) is 5.57 Å². The molecule has 0 spiro atoms. The Morgan fingerprint density at radius 1 is 1.22 bits per heavy atom. The van der Waals surface area contributed by atoms with Crippen molar-refractivity contribution in [3.05, 3.63) is 47.8 Å². The van der Waals surface area contributed by atoms with Gasteiger partial charge >= 0.3 is 11.9 Å². The monoisotopic (exact) mass is 250 g/mol. The zero-order valence-corrected chi connectivity index (χ0v) is 10.6. The van der Waals surface area contributed by atoms with Crippen molar-refractivity contribution < 1.29 is 18.7 Å². The van der Waals surface area contributed by atoms with Gasteiger partial charge in [0.05, 0.1) is 5.56 Å². The summed E-state index contributed by atoms with van der Waals surface area (Å²) in [7, 11) is 0. The summed E-state index contributed by atoms with van der Waals surface area (Å²) >= 11 is 0. The van der Waals surface area contributed by atoms with E-state index in [0.29, 0.717) is 0 Å². The molecule has 0 amide bonds. The summed E-state index contributed by atoms with van der Waals surface area (Å²) in [4.78, 5) is 23.2. The molecule has 0 saturated carbocycles. The van der Waals surface area contributed by atoms with Crippen molar-refractivity contribution in [1.29, 1.82) is 0 Å². The molecule has 4 heteroatoms. The topological polar surface area (TPSA) is 43.4 Å². The molecule has 1 aromatic carbocycles. The Morgan fingerprint density at radius 3 is 2.28 bits per heavy atom. The van der Waals surface area contributed by atoms with E-state index in [4.69, 9.17) is 0 Å². The van der Waals surface area contributed by atoms with Crippen LogP contribution in [0.2, 0.25) is 0 Å². The molecular formula is C14H15FO3. The van der Waals surface area contributed by atoms with Crippen LogP contribution >= 0.6 is 0 Å². The number of hydrogen-bond donors (Lipinski definition) is 0. The van der Waals surface area contributed by atoms with Gasteiger partial charge in [0.25, 0.3) is 0 Å². The predicted octanol–water partition coefficient (Wildman–Crippen LogP) is 3.11. The second kappa shape index (κ2) is 5.12. The van der Waals surface area contributed by atoms with E-state index < -0.39 is 23.2 Å². The van der Waals surface area contributed by atoms with E-state index in [9.17, 15) is 14.0 Å². The molecule has 1 rings (SSSR count). The Kier molecular flexibility index (Phi) is 4.01. The van der Waals surface area contributed by atoms with Crippen LogP contribution in [0.4, 0.5) is 4.39 Å². The molecule has 0 saturated heterocycles. The highest BCUT2D eigenvalue weighted by Crippen LogP contribution is 2.24. The molecule has 3 nitrogen and oxygen atoms in total. The molecule has 0 aromatic heterocycles. The van der Waals surface area contributed by atoms with Crippen LogP contribution in [-0.2, 0) is 9.53 Å². The van der Waals surface area contributed by atoms with E-state index >= 15 is 0 Å². The lowest BCUT2D eigenvalue weighted by Crippen LogP contribution is -2.22. The summed E-state index contributed by atoms with van der Waals surface area (Å²) in [6.45, 7) is 8.88. The number of esters is 2. The minimum Gasteiger partial charge on any atom is -0.386 e. The number of rotatable bonds is 2. The van der Waals surface area contributed by atoms with Crippen LogP contribution in [-0.4, -0.2) is 11.9 Å². The van der Waals surface area contributed by atoms with Crippen LogP contribution in [0.5, 0.6) is 0 Å². The molecule has 0 unspecified atom stereocenters. The molecule has 0 atom stereocenters. The Balaban J connectivity index is 2.82. The Hall–Kier alpha value is -1.97. The lowest BCUT2D eigenvalue weighted by atomic mass is 9.88. The normalized spacial score (nSPS) is 10.9. The van der Waals surface area contributed by atoms with Gasteiger partial charge in [-0.2, -0.15) is 0 Å². The Morgan fingerprint density at radius 2 is 1.78 bits per heavy atom. The summed E-state index contributed by atoms with van der Waals surface area (Å²) in [6.07, 6.45) is 0. The van der Waals surface area contributed by atoms with Crippen LogP contribution in [0, 0.1) is 11.2 Å². The SMILES string of the molecule is C=C(C(=O)OC(=O)c1ccccc1F)C(C)(C)C. The van der Waals surface area contributed by atoms with Crippen LogP contribution in [0.25, 0.3) is 0 Å². The lowest BCUT2D eigenvalue weighted by Gasteiger charge is -2.19. The molecule has 0 heterocycles. The van der Waals surface area contributed by atoms with Crippen molar-refractivity contribution in [3.8, 4) is 0 Å². The van der Waals surface area contributed by atoms with E-state index in [-0.39, 0.29) is 11.1 Å². The molecule has 96 valence electrons. The maximum atomic E-state index is 13.3. The minimum atomic E-state index is -1.01. The minimum absolute atomic E-state index is 0.159. The molecule has 0 aliphatic heterocycles. The van der Waals surface area contributed by atoms with Gasteiger partial charge in [-0.25, -0.2) is 14.0 Å². The lowest BCUT2D eigenvalue weighted by molar-refractivity contribution is -0.134. The van der Waals surface area contributed by atoms with Gasteiger partial charge < -0.3 is 4.74 Å². The summed E-state index contributed by atoms with van der Waals surface area (Å²) < 4.78 is 17.9. The highest BCUT2D eigenvalue weighted by Gasteiger charge is 2.26. The highest BCUT2D eigenvalue weighted by atomic mass is 19.1. The molecule has 1 aromatic rings. The van der Waals surface area contributed by atoms with Crippen LogP contribution < -0.4 is 0 Å². The van der Waals surface area contributed by atoms with Crippen molar-refractivity contribution in [2.24, 2.45) is 5.41 Å². The average Bonchev–Trinajstić information content (AvgIpc) is 2.27. The molecule has 0 bridgehead atoms. The Labute approximate surface area is 105 Å². The van der Waals surface area contributed by atoms with Crippen molar-refractivity contribution in [2.45, 2.75) is 20.8 Å². The smallest absolute Gasteiger partial charge is 0.349 e. The van der Waals surface area contributed by atoms with Crippen LogP contribution in [0.15, 0.2) is 36.4 Å². The predicted molar refractivity (Wildman–Crippen MR) is 65.4 cm³/mol. The van der Waals surface area contributed by atoms with Crippen molar-refractivity contribution >= 4 is 11.9 Å². The third-order valence-corrected chi connectivity index (χ3v) is 2.43. The molecule has 0 radical (unpaired) electrons. The van der Waals surface area contributed by atoms with Crippen LogP contribution in [0.3, 0.4) is 0 Å². The third kappa shape index (κ3) is 3.26. The van der Waals surface area contributed by atoms with E-state index in [0.717, 1.165) is 6.07 Å². The second-order valence-electron chi connectivity index (χ2n) is 4.89. The maximum absolute atomic E-state index is 13.3. The van der Waals surface area contributed by atoms with Gasteiger partial charge in [0.15, 0.2) is 0 Å². The summed E-state index contributed by atoms with van der Waals surface area (Å²) in [5.41, 5.74) is -0.619. The fourth-order valence-corrected chi connectivity index (χ4v) is 1.13. The number of benzene rings is 1. The molecular weight excluding hydrogens is 235 g/mol. The first-order valence-corrected chi connectivity index (χ1v) is 5.44. The number of hydrogen-bond acceptors (Lipinski definition) is 3. The maximum Gasteiger partial charge on any atom is 0.349 e. The summed E-state index contributed by atoms with van der Waals surface area (Å²) in [5, 5.41) is 0. The van der Waals surface area contributed by atoms with Crippen LogP contribution in [0.1, 0.15) is 31.1 Å². The van der Waals surface area contributed by atoms with Gasteiger partial charge in [-0.3, -0.25) is 0 Å². The number of carbonyl (C=O) groups excluding carboxylic acids is 2. The fraction of sp³-hybridized carbons (Fsp3) is 0.286. The molecule has 0 aliphatic carbocycles. The average molecular weight is 250 g/mol. The fourth-order valence-electron chi connectivity index (χ4n) is 1.13. The molecule has 0 N–H and O–H groups in total. The van der Waals surface area contributed by atoms with Gasteiger partial charge in [0.2, 0.25) is 0 Å². The number of carbonyl (C=O) groups is 2. The number of halogens is 1. The first-order valence-electron chi connectivity index (χ1n) is 5.44. The largest absolute Gasteiger partial charge is 0.386 e. The first kappa shape index (κ1) is 14.1. The van der Waals surface area contributed by atoms with Crippen molar-refractivity contribution in [2.75, 3.05) is 0 Å². The first-order chi connectivity index (χ1) is 8.23. The third-order valence-electron chi connectivity index (χ3n) is 2.43. The zero-order chi connectivity index (χ0) is 13.9. The van der Waals surface area contributed by atoms with Gasteiger partial charge in [0.1, 0.15) is 5.82 Å². The molecule has 18 heavy (non-hydrogen) atoms. The Bertz CT molecular complexity index is 498. The molecule has 0 fully saturated rings. The summed E-state index contributed by atoms with van der Waals surface area (Å²) in [6, 6.07) is 5.31. The van der Waals surface area contributed by atoms with Crippen molar-refractivity contribution in [3.63, 3.8) is 0 Å². The quantitative estimate of drug-likeness (QED) is 0.460. The van der Waals surface area contributed by atoms with E-state index in [1.165, 1.54) is 18.2 Å². The standard InChI is InChI=1S/C14H15FO3/c1-9(14(2,3)4)12(16)18-13(17)10-7-5-6-8-11(10)15/h5-8H,1H2,2-4H3. The van der Waals surface area contributed by atoms with Gasteiger partial charge in [-0.1, -0.05) is 39.5 Å². The van der Waals surface area contributed by atoms with Crippen molar-refractivity contribution in [1.82, 2.24) is 0 Å². The highest BCUT2D eigenvalue weighted by molar-refractivity contribution is 6.02. The molecule has 0 aliphatic rings. The second-order valence-corrected chi connectivity index (χ2v) is 4.89. The van der Waals surface area contributed by atoms with Gasteiger partial charge in [-0.05, 0) is 17.5 Å². The summed E-state index contributed by atoms with van der Waals surface area (Å²) in [5.74, 6) is -2.57. The zero-order valence-electron chi connectivity index (χ0n) is 10.6. The van der Waals surface area contributed by atoms with E-state index in [1.807, 2.05) is 0 Å². The number of ether oxygens (including phenoxy) is 1. The van der Waals surface area contributed by atoms with Gasteiger partial charge in [-0.15, -0.1) is 0 Å². The van der Waals surface area contributed by atoms with E-state index in [2.05, 4.69) is 11.3 Å².